The van der Waals surface area contributed by atoms with Crippen LogP contribution in [-0.4, -0.2) is 29.8 Å². The Hall–Kier alpha value is -3.12. The van der Waals surface area contributed by atoms with Crippen molar-refractivity contribution in [2.24, 2.45) is 5.10 Å². The van der Waals surface area contributed by atoms with E-state index in [1.54, 1.807) is 19.4 Å². The van der Waals surface area contributed by atoms with Crippen molar-refractivity contribution >= 4 is 55.6 Å². The van der Waals surface area contributed by atoms with Crippen molar-refractivity contribution in [2.75, 3.05) is 13.9 Å². The van der Waals surface area contributed by atoms with Gasteiger partial charge in [-0.2, -0.15) is 9.78 Å². The molecule has 1 aliphatic heterocycles. The lowest BCUT2D eigenvalue weighted by atomic mass is 9.88. The fraction of sp³-hybridized carbons (Fsp3) is 0.300. The third-order valence-electron chi connectivity index (χ3n) is 7.20. The third-order valence-corrected chi connectivity index (χ3v) is 8.49. The number of fused-ring (bicyclic) bond motifs is 2. The Kier molecular flexibility index (Phi) is 7.97. The number of nitrogens with zero attached hydrogens (tertiary/aromatic N) is 3. The molecule has 0 amide bonds. The van der Waals surface area contributed by atoms with Crippen LogP contribution in [0.3, 0.4) is 0 Å². The molecule has 40 heavy (non-hydrogen) atoms. The van der Waals surface area contributed by atoms with Crippen LogP contribution in [0.2, 0.25) is 0 Å². The van der Waals surface area contributed by atoms with E-state index in [0.717, 1.165) is 56.4 Å². The molecule has 6 rings (SSSR count). The van der Waals surface area contributed by atoms with E-state index in [1.807, 2.05) is 42.5 Å². The van der Waals surface area contributed by atoms with E-state index in [4.69, 9.17) is 23.9 Å². The number of benzene rings is 3. The molecule has 1 fully saturated rings. The zero-order valence-corrected chi connectivity index (χ0v) is 25.6. The van der Waals surface area contributed by atoms with Gasteiger partial charge in [0.25, 0.3) is 5.56 Å². The first kappa shape index (κ1) is 27.1. The summed E-state index contributed by atoms with van der Waals surface area (Å²) in [7, 11) is 1.61. The summed E-state index contributed by atoms with van der Waals surface area (Å²) in [5, 5.41) is 5.21. The second-order valence-corrected chi connectivity index (χ2v) is 11.9. The van der Waals surface area contributed by atoms with Crippen LogP contribution < -0.4 is 24.5 Å². The van der Waals surface area contributed by atoms with Crippen LogP contribution in [0.5, 0.6) is 23.0 Å². The van der Waals surface area contributed by atoms with Gasteiger partial charge in [0.1, 0.15) is 12.4 Å². The highest BCUT2D eigenvalue weighted by molar-refractivity contribution is 14.1. The molecule has 3 aromatic carbocycles. The summed E-state index contributed by atoms with van der Waals surface area (Å²) in [4.78, 5) is 18.5. The van der Waals surface area contributed by atoms with Gasteiger partial charge in [0.15, 0.2) is 23.0 Å². The molecule has 4 aromatic rings. The average molecular weight is 716 g/mol. The van der Waals surface area contributed by atoms with E-state index >= 15 is 0 Å². The number of hydrogen-bond donors (Lipinski definition) is 0. The first-order valence-corrected chi connectivity index (χ1v) is 15.0. The van der Waals surface area contributed by atoms with Gasteiger partial charge in [0.2, 0.25) is 6.79 Å². The van der Waals surface area contributed by atoms with Gasteiger partial charge >= 0.3 is 0 Å². The van der Waals surface area contributed by atoms with Crippen molar-refractivity contribution in [1.29, 1.82) is 0 Å². The van der Waals surface area contributed by atoms with Crippen molar-refractivity contribution in [3.05, 3.63) is 83.9 Å². The largest absolute Gasteiger partial charge is 0.493 e. The molecule has 0 bridgehead atoms. The monoisotopic (exact) mass is 715 g/mol. The minimum Gasteiger partial charge on any atom is -0.493 e. The summed E-state index contributed by atoms with van der Waals surface area (Å²) in [5.74, 6) is 3.59. The fourth-order valence-corrected chi connectivity index (χ4v) is 6.31. The number of halogens is 2. The van der Waals surface area contributed by atoms with E-state index in [9.17, 15) is 4.79 Å². The summed E-state index contributed by atoms with van der Waals surface area (Å²) >= 11 is 5.71. The second-order valence-electron chi connectivity index (χ2n) is 9.84. The second kappa shape index (κ2) is 11.8. The highest BCUT2D eigenvalue weighted by Gasteiger charge is 2.23. The Morgan fingerprint density at radius 3 is 2.75 bits per heavy atom. The van der Waals surface area contributed by atoms with Crippen LogP contribution >= 0.6 is 38.5 Å². The fourth-order valence-electron chi connectivity index (χ4n) is 5.17. The Bertz CT molecular complexity index is 1670. The molecule has 8 nitrogen and oxygen atoms in total. The van der Waals surface area contributed by atoms with Gasteiger partial charge in [-0.05, 0) is 89.0 Å². The van der Waals surface area contributed by atoms with E-state index < -0.39 is 0 Å². The average Bonchev–Trinajstić information content (AvgIpc) is 3.44. The summed E-state index contributed by atoms with van der Waals surface area (Å²) in [6.45, 7) is 0.574. The summed E-state index contributed by atoms with van der Waals surface area (Å²) < 4.78 is 25.9. The Balaban J connectivity index is 1.31. The van der Waals surface area contributed by atoms with Crippen molar-refractivity contribution < 1.29 is 18.9 Å². The summed E-state index contributed by atoms with van der Waals surface area (Å²) in [6, 6.07) is 15.2. The zero-order chi connectivity index (χ0) is 27.6. The maximum atomic E-state index is 13.6. The molecule has 2 heterocycles. The van der Waals surface area contributed by atoms with Crippen LogP contribution in [0, 0.1) is 3.57 Å². The smallest absolute Gasteiger partial charge is 0.282 e. The molecular weight excluding hydrogens is 689 g/mol. The maximum absolute atomic E-state index is 13.6. The van der Waals surface area contributed by atoms with Gasteiger partial charge < -0.3 is 18.9 Å². The molecule has 2 aliphatic rings. The molecule has 0 atom stereocenters. The van der Waals surface area contributed by atoms with Crippen molar-refractivity contribution in [3.63, 3.8) is 0 Å². The van der Waals surface area contributed by atoms with Crippen LogP contribution in [0.15, 0.2) is 62.9 Å². The van der Waals surface area contributed by atoms with Gasteiger partial charge in [-0.1, -0.05) is 41.3 Å². The number of rotatable bonds is 7. The molecule has 0 saturated heterocycles. The number of aromatic nitrogens is 2. The molecule has 0 unspecified atom stereocenters. The number of ether oxygens (including phenoxy) is 4. The lowest BCUT2D eigenvalue weighted by molar-refractivity contribution is 0.174. The highest BCUT2D eigenvalue weighted by atomic mass is 127. The number of methoxy groups -OCH3 is 1. The van der Waals surface area contributed by atoms with Crippen LogP contribution in [0.25, 0.3) is 10.9 Å². The van der Waals surface area contributed by atoms with Crippen molar-refractivity contribution in [1.82, 2.24) is 9.66 Å². The van der Waals surface area contributed by atoms with Crippen LogP contribution in [0.1, 0.15) is 55.0 Å². The van der Waals surface area contributed by atoms with Gasteiger partial charge in [0.05, 0.1) is 27.8 Å². The van der Waals surface area contributed by atoms with Crippen molar-refractivity contribution in [2.45, 2.75) is 44.6 Å². The molecule has 10 heteroatoms. The van der Waals surface area contributed by atoms with Gasteiger partial charge in [-0.3, -0.25) is 4.79 Å². The number of hydrogen-bond acceptors (Lipinski definition) is 7. The van der Waals surface area contributed by atoms with E-state index in [0.29, 0.717) is 34.8 Å². The predicted molar refractivity (Wildman–Crippen MR) is 165 cm³/mol. The Labute approximate surface area is 253 Å². The quantitative estimate of drug-likeness (QED) is 0.151. The molecule has 206 valence electrons. The minimum absolute atomic E-state index is 0.173. The molecule has 0 spiro atoms. The first-order valence-electron chi connectivity index (χ1n) is 13.2. The Morgan fingerprint density at radius 2 is 1.93 bits per heavy atom. The van der Waals surface area contributed by atoms with Gasteiger partial charge in [-0.15, -0.1) is 0 Å². The Morgan fingerprint density at radius 1 is 1.10 bits per heavy atom. The van der Waals surface area contributed by atoms with Crippen LogP contribution in [-0.2, 0) is 6.61 Å². The maximum Gasteiger partial charge on any atom is 0.282 e. The molecular formula is C30H27BrIN3O5. The lowest BCUT2D eigenvalue weighted by Crippen LogP contribution is -2.25. The molecule has 1 saturated carbocycles. The van der Waals surface area contributed by atoms with Gasteiger partial charge in [-0.25, -0.2) is 4.98 Å². The van der Waals surface area contributed by atoms with E-state index in [2.05, 4.69) is 43.6 Å². The first-order chi connectivity index (χ1) is 19.5. The van der Waals surface area contributed by atoms with Gasteiger partial charge in [0, 0.05) is 10.4 Å². The van der Waals surface area contributed by atoms with E-state index in [-0.39, 0.29) is 18.3 Å². The van der Waals surface area contributed by atoms with Crippen molar-refractivity contribution in [3.8, 4) is 23.0 Å². The molecule has 1 aliphatic carbocycles. The lowest BCUT2D eigenvalue weighted by Gasteiger charge is -2.22. The molecule has 0 radical (unpaired) electrons. The third kappa shape index (κ3) is 5.56. The summed E-state index contributed by atoms with van der Waals surface area (Å²) in [5.41, 5.74) is 2.26. The molecule has 1 aromatic heterocycles. The van der Waals surface area contributed by atoms with Crippen LogP contribution in [0.4, 0.5) is 0 Å². The zero-order valence-electron chi connectivity index (χ0n) is 21.9. The predicted octanol–water partition coefficient (Wildman–Crippen LogP) is 7.01. The minimum atomic E-state index is -0.173. The standard InChI is InChI=1S/C30H27BrIN3O5/c1-37-27-13-19(11-23(32)28(27)38-16-18-7-10-25-26(12-18)40-17-39-25)15-33-35-29(20-5-3-2-4-6-20)34-24-9-8-21(31)14-22(24)30(35)36/h7-15,20H,2-6,16-17H2,1H3. The molecule has 0 N–H and O–H groups in total. The SMILES string of the molecule is COc1cc(C=Nn2c(C3CCCCC3)nc3ccc(Br)cc3c2=O)cc(I)c1OCc1ccc2c(c1)OCO2. The summed E-state index contributed by atoms with van der Waals surface area (Å²) in [6.07, 6.45) is 7.17. The normalized spacial score (nSPS) is 15.2. The topological polar surface area (TPSA) is 84.2 Å². The highest BCUT2D eigenvalue weighted by Crippen LogP contribution is 2.36. The van der Waals surface area contributed by atoms with E-state index in [1.165, 1.54) is 11.1 Å².